The second-order valence-corrected chi connectivity index (χ2v) is 4.48. The molecule has 1 aromatic carbocycles. The van der Waals surface area contributed by atoms with Gasteiger partial charge < -0.3 is 10.5 Å². The normalized spacial score (nSPS) is 10.3. The number of nitrogen functional groups attached to an aromatic ring is 1. The highest BCUT2D eigenvalue weighted by molar-refractivity contribution is 9.10. The molecular weight excluding hydrogens is 310 g/mol. The average molecular weight is 318 g/mol. The molecular formula is C11H7BrClFN2O. The highest BCUT2D eigenvalue weighted by atomic mass is 79.9. The van der Waals surface area contributed by atoms with E-state index in [1.807, 2.05) is 0 Å². The van der Waals surface area contributed by atoms with Gasteiger partial charge in [-0.2, -0.15) is 0 Å². The Kier molecular flexibility index (Phi) is 3.49. The Morgan fingerprint density at radius 3 is 2.76 bits per heavy atom. The molecule has 0 saturated heterocycles. The lowest BCUT2D eigenvalue weighted by atomic mass is 10.3. The monoisotopic (exact) mass is 316 g/mol. The first-order valence-corrected chi connectivity index (χ1v) is 5.77. The molecule has 1 heterocycles. The predicted molar refractivity (Wildman–Crippen MR) is 67.8 cm³/mol. The first kappa shape index (κ1) is 12.1. The molecule has 0 fully saturated rings. The highest BCUT2D eigenvalue weighted by Crippen LogP contribution is 2.34. The summed E-state index contributed by atoms with van der Waals surface area (Å²) in [6, 6.07) is 4.16. The van der Waals surface area contributed by atoms with Gasteiger partial charge in [-0.1, -0.05) is 11.6 Å². The van der Waals surface area contributed by atoms with Gasteiger partial charge in [-0.15, -0.1) is 0 Å². The van der Waals surface area contributed by atoms with E-state index in [1.54, 1.807) is 6.07 Å². The van der Waals surface area contributed by atoms with Crippen LogP contribution in [0.3, 0.4) is 0 Å². The number of anilines is 1. The lowest BCUT2D eigenvalue weighted by Crippen LogP contribution is -1.94. The molecule has 2 aromatic rings. The molecule has 0 spiro atoms. The van der Waals surface area contributed by atoms with Gasteiger partial charge in [-0.25, -0.2) is 4.39 Å². The van der Waals surface area contributed by atoms with Gasteiger partial charge in [0.15, 0.2) is 5.75 Å². The maximum absolute atomic E-state index is 13.2. The number of rotatable bonds is 2. The number of ether oxygens (including phenoxy) is 1. The van der Waals surface area contributed by atoms with Crippen LogP contribution in [0, 0.1) is 5.82 Å². The first-order chi connectivity index (χ1) is 8.08. The molecule has 0 aliphatic heterocycles. The summed E-state index contributed by atoms with van der Waals surface area (Å²) in [5.41, 5.74) is 6.06. The van der Waals surface area contributed by atoms with Crippen LogP contribution in [0.1, 0.15) is 0 Å². The zero-order valence-corrected chi connectivity index (χ0v) is 10.8. The van der Waals surface area contributed by atoms with Gasteiger partial charge in [0.25, 0.3) is 0 Å². The first-order valence-electron chi connectivity index (χ1n) is 4.60. The molecule has 0 unspecified atom stereocenters. The Labute approximate surface area is 110 Å². The van der Waals surface area contributed by atoms with Gasteiger partial charge in [0.1, 0.15) is 11.6 Å². The van der Waals surface area contributed by atoms with Crippen molar-refractivity contribution < 1.29 is 9.13 Å². The van der Waals surface area contributed by atoms with E-state index in [1.165, 1.54) is 24.5 Å². The molecule has 3 nitrogen and oxygen atoms in total. The van der Waals surface area contributed by atoms with E-state index in [2.05, 4.69) is 20.9 Å². The quantitative estimate of drug-likeness (QED) is 0.910. The smallest absolute Gasteiger partial charge is 0.167 e. The summed E-state index contributed by atoms with van der Waals surface area (Å²) in [7, 11) is 0. The van der Waals surface area contributed by atoms with Crippen LogP contribution in [-0.2, 0) is 0 Å². The van der Waals surface area contributed by atoms with Crippen molar-refractivity contribution in [2.75, 3.05) is 5.73 Å². The zero-order valence-electron chi connectivity index (χ0n) is 8.45. The molecule has 0 bridgehead atoms. The van der Waals surface area contributed by atoms with Gasteiger partial charge in [-0.05, 0) is 28.1 Å². The number of halogens is 3. The predicted octanol–water partition coefficient (Wildman–Crippen LogP) is 4.01. The summed E-state index contributed by atoms with van der Waals surface area (Å²) >= 11 is 8.82. The zero-order chi connectivity index (χ0) is 12.4. The van der Waals surface area contributed by atoms with Gasteiger partial charge in [0.05, 0.1) is 21.4 Å². The topological polar surface area (TPSA) is 48.1 Å². The Morgan fingerprint density at radius 2 is 2.12 bits per heavy atom. The van der Waals surface area contributed by atoms with E-state index in [9.17, 15) is 4.39 Å². The fraction of sp³-hybridized carbons (Fsp3) is 0. The number of benzene rings is 1. The number of pyridine rings is 1. The van der Waals surface area contributed by atoms with E-state index in [-0.39, 0.29) is 5.02 Å². The SMILES string of the molecule is Nc1cncc(Br)c1Oc1ccc(Cl)c(F)c1. The van der Waals surface area contributed by atoms with Crippen LogP contribution in [-0.4, -0.2) is 4.98 Å². The molecule has 17 heavy (non-hydrogen) atoms. The number of nitrogens with zero attached hydrogens (tertiary/aromatic N) is 1. The van der Waals surface area contributed by atoms with Crippen LogP contribution in [0.5, 0.6) is 11.5 Å². The molecule has 6 heteroatoms. The van der Waals surface area contributed by atoms with Crippen molar-refractivity contribution in [3.05, 3.63) is 45.9 Å². The number of hydrogen-bond donors (Lipinski definition) is 1. The van der Waals surface area contributed by atoms with Crippen molar-refractivity contribution in [3.63, 3.8) is 0 Å². The van der Waals surface area contributed by atoms with Gasteiger partial charge >= 0.3 is 0 Å². The van der Waals surface area contributed by atoms with Crippen LogP contribution in [0.4, 0.5) is 10.1 Å². The van der Waals surface area contributed by atoms with Crippen LogP contribution in [0.25, 0.3) is 0 Å². The van der Waals surface area contributed by atoms with E-state index in [4.69, 9.17) is 22.1 Å². The van der Waals surface area contributed by atoms with Crippen LogP contribution in [0.2, 0.25) is 5.02 Å². The third-order valence-corrected chi connectivity index (χ3v) is 2.86. The minimum atomic E-state index is -0.548. The molecule has 2 rings (SSSR count). The van der Waals surface area contributed by atoms with E-state index < -0.39 is 5.82 Å². The number of hydrogen-bond acceptors (Lipinski definition) is 3. The van der Waals surface area contributed by atoms with Crippen molar-refractivity contribution in [3.8, 4) is 11.5 Å². The third kappa shape index (κ3) is 2.68. The minimum absolute atomic E-state index is 0.0408. The van der Waals surface area contributed by atoms with Gasteiger partial charge in [0, 0.05) is 12.3 Å². The Bertz CT molecular complexity index is 545. The molecule has 0 aliphatic rings. The van der Waals surface area contributed by atoms with Crippen LogP contribution in [0.15, 0.2) is 35.1 Å². The summed E-state index contributed by atoms with van der Waals surface area (Å²) in [4.78, 5) is 3.87. The third-order valence-electron chi connectivity index (χ3n) is 1.99. The molecule has 2 N–H and O–H groups in total. The second kappa shape index (κ2) is 4.89. The van der Waals surface area contributed by atoms with E-state index in [0.29, 0.717) is 21.7 Å². The molecule has 0 atom stereocenters. The van der Waals surface area contributed by atoms with E-state index in [0.717, 1.165) is 0 Å². The van der Waals surface area contributed by atoms with Crippen LogP contribution < -0.4 is 10.5 Å². The van der Waals surface area contributed by atoms with Crippen molar-refractivity contribution in [2.24, 2.45) is 0 Å². The molecule has 0 aliphatic carbocycles. The molecule has 0 radical (unpaired) electrons. The number of nitrogens with two attached hydrogens (primary N) is 1. The Morgan fingerprint density at radius 1 is 1.35 bits per heavy atom. The van der Waals surface area contributed by atoms with Gasteiger partial charge in [0.2, 0.25) is 0 Å². The van der Waals surface area contributed by atoms with Crippen molar-refractivity contribution in [2.45, 2.75) is 0 Å². The van der Waals surface area contributed by atoms with E-state index >= 15 is 0 Å². The van der Waals surface area contributed by atoms with Crippen molar-refractivity contribution in [1.82, 2.24) is 4.98 Å². The fourth-order valence-electron chi connectivity index (χ4n) is 1.20. The van der Waals surface area contributed by atoms with Gasteiger partial charge in [-0.3, -0.25) is 4.98 Å². The number of aromatic nitrogens is 1. The molecule has 1 aromatic heterocycles. The summed E-state index contributed by atoms with van der Waals surface area (Å²) in [6.07, 6.45) is 2.99. The summed E-state index contributed by atoms with van der Waals surface area (Å²) in [5.74, 6) is 0.153. The highest BCUT2D eigenvalue weighted by Gasteiger charge is 2.09. The summed E-state index contributed by atoms with van der Waals surface area (Å²) in [5, 5.41) is 0.0408. The average Bonchev–Trinajstić information content (AvgIpc) is 2.28. The minimum Gasteiger partial charge on any atom is -0.454 e. The Hall–Kier alpha value is -1.33. The standard InChI is InChI=1S/C11H7BrClFN2O/c12-7-4-16-5-10(15)11(7)17-6-1-2-8(13)9(14)3-6/h1-5H,15H2. The second-order valence-electron chi connectivity index (χ2n) is 3.22. The summed E-state index contributed by atoms with van der Waals surface area (Å²) < 4.78 is 19.3. The molecule has 88 valence electrons. The molecule has 0 amide bonds. The van der Waals surface area contributed by atoms with Crippen LogP contribution >= 0.6 is 27.5 Å². The maximum atomic E-state index is 13.2. The van der Waals surface area contributed by atoms with Crippen molar-refractivity contribution in [1.29, 1.82) is 0 Å². The lowest BCUT2D eigenvalue weighted by Gasteiger charge is -2.09. The summed E-state index contributed by atoms with van der Waals surface area (Å²) in [6.45, 7) is 0. The molecule has 0 saturated carbocycles. The maximum Gasteiger partial charge on any atom is 0.167 e. The fourth-order valence-corrected chi connectivity index (χ4v) is 1.75. The largest absolute Gasteiger partial charge is 0.454 e. The Balaban J connectivity index is 2.35. The lowest BCUT2D eigenvalue weighted by molar-refractivity contribution is 0.475. The van der Waals surface area contributed by atoms with Crippen molar-refractivity contribution >= 4 is 33.2 Å².